The molecular formula is C31H30ClFN4O5. The highest BCUT2D eigenvalue weighted by Gasteiger charge is 2.19. The number of ether oxygens (including phenoxy) is 3. The van der Waals surface area contributed by atoms with Crippen molar-refractivity contribution in [3.05, 3.63) is 83.3 Å². The van der Waals surface area contributed by atoms with E-state index in [0.717, 1.165) is 32.0 Å². The molecule has 1 aromatic heterocycles. The number of nitrogens with zero attached hydrogens (tertiary/aromatic N) is 1. The average molecular weight is 593 g/mol. The normalized spacial score (nSPS) is 13.4. The molecule has 2 amide bonds. The van der Waals surface area contributed by atoms with Crippen molar-refractivity contribution in [3.63, 3.8) is 0 Å². The Labute approximate surface area is 247 Å². The molecule has 0 unspecified atom stereocenters. The van der Waals surface area contributed by atoms with E-state index in [0.29, 0.717) is 51.3 Å². The monoisotopic (exact) mass is 592 g/mol. The summed E-state index contributed by atoms with van der Waals surface area (Å²) < 4.78 is 32.7. The lowest BCUT2D eigenvalue weighted by Crippen LogP contribution is -2.35. The van der Waals surface area contributed by atoms with Crippen molar-refractivity contribution in [2.45, 2.75) is 19.4 Å². The Kier molecular flexibility index (Phi) is 9.35. The van der Waals surface area contributed by atoms with E-state index < -0.39 is 17.6 Å². The van der Waals surface area contributed by atoms with Crippen LogP contribution in [0.1, 0.15) is 18.4 Å². The highest BCUT2D eigenvalue weighted by atomic mass is 35.5. The zero-order chi connectivity index (χ0) is 29.5. The first-order valence-corrected chi connectivity index (χ1v) is 13.9. The number of methoxy groups -OCH3 is 1. The number of halogens is 2. The van der Waals surface area contributed by atoms with Gasteiger partial charge in [-0.3, -0.25) is 14.6 Å². The lowest BCUT2D eigenvalue weighted by atomic mass is 9.99. The van der Waals surface area contributed by atoms with Crippen LogP contribution in [-0.4, -0.2) is 43.6 Å². The van der Waals surface area contributed by atoms with Gasteiger partial charge in [-0.05, 0) is 73.8 Å². The van der Waals surface area contributed by atoms with Crippen LogP contribution in [0.2, 0.25) is 5.02 Å². The van der Waals surface area contributed by atoms with E-state index in [-0.39, 0.29) is 18.0 Å². The predicted octanol–water partition coefficient (Wildman–Crippen LogP) is 5.46. The first-order chi connectivity index (χ1) is 20.4. The van der Waals surface area contributed by atoms with Crippen LogP contribution in [0.25, 0.3) is 10.9 Å². The van der Waals surface area contributed by atoms with Crippen LogP contribution in [0.4, 0.5) is 10.1 Å². The van der Waals surface area contributed by atoms with Crippen molar-refractivity contribution in [1.82, 2.24) is 15.6 Å². The van der Waals surface area contributed by atoms with E-state index in [1.165, 1.54) is 12.1 Å². The molecule has 1 aliphatic rings. The molecule has 0 aliphatic carbocycles. The molecule has 1 fully saturated rings. The van der Waals surface area contributed by atoms with E-state index in [2.05, 4.69) is 20.9 Å². The molecule has 218 valence electrons. The van der Waals surface area contributed by atoms with E-state index in [1.54, 1.807) is 55.8 Å². The van der Waals surface area contributed by atoms with Crippen molar-refractivity contribution in [1.29, 1.82) is 0 Å². The summed E-state index contributed by atoms with van der Waals surface area (Å²) in [6, 6.07) is 16.0. The Bertz CT molecular complexity index is 1600. The number of amides is 2. The van der Waals surface area contributed by atoms with Crippen molar-refractivity contribution in [3.8, 4) is 23.0 Å². The molecule has 0 bridgehead atoms. The zero-order valence-corrected chi connectivity index (χ0v) is 23.7. The smallest absolute Gasteiger partial charge is 0.313 e. The second-order valence-electron chi connectivity index (χ2n) is 9.78. The number of fused-ring (bicyclic) bond motifs is 1. The van der Waals surface area contributed by atoms with Gasteiger partial charge >= 0.3 is 11.8 Å². The van der Waals surface area contributed by atoms with Gasteiger partial charge in [0.1, 0.15) is 11.3 Å². The molecule has 42 heavy (non-hydrogen) atoms. The van der Waals surface area contributed by atoms with Gasteiger partial charge in [-0.25, -0.2) is 4.39 Å². The number of anilines is 1. The summed E-state index contributed by atoms with van der Waals surface area (Å²) in [5, 5.41) is 9.30. The topological polar surface area (TPSA) is 111 Å². The van der Waals surface area contributed by atoms with Crippen LogP contribution < -0.4 is 30.2 Å². The van der Waals surface area contributed by atoms with Crippen molar-refractivity contribution in [2.75, 3.05) is 32.1 Å². The molecule has 1 aliphatic heterocycles. The number of aromatic nitrogens is 1. The van der Waals surface area contributed by atoms with Crippen LogP contribution >= 0.6 is 11.6 Å². The van der Waals surface area contributed by atoms with Gasteiger partial charge in [0.15, 0.2) is 23.1 Å². The maximum absolute atomic E-state index is 15.0. The summed E-state index contributed by atoms with van der Waals surface area (Å²) >= 11 is 6.08. The maximum atomic E-state index is 15.0. The van der Waals surface area contributed by atoms with Crippen molar-refractivity contribution in [2.24, 2.45) is 5.92 Å². The van der Waals surface area contributed by atoms with E-state index in [4.69, 9.17) is 25.8 Å². The van der Waals surface area contributed by atoms with Gasteiger partial charge in [-0.1, -0.05) is 29.8 Å². The molecule has 3 N–H and O–H groups in total. The second-order valence-corrected chi connectivity index (χ2v) is 10.2. The molecule has 11 heteroatoms. The molecule has 0 spiro atoms. The number of piperidine rings is 1. The van der Waals surface area contributed by atoms with Crippen LogP contribution in [0.15, 0.2) is 66.9 Å². The summed E-state index contributed by atoms with van der Waals surface area (Å²) in [5.41, 5.74) is 1.27. The lowest BCUT2D eigenvalue weighted by Gasteiger charge is -2.23. The summed E-state index contributed by atoms with van der Waals surface area (Å²) in [4.78, 5) is 29.0. The molecule has 0 atom stereocenters. The van der Waals surface area contributed by atoms with E-state index >= 15 is 4.39 Å². The van der Waals surface area contributed by atoms with Gasteiger partial charge in [0.05, 0.1) is 13.7 Å². The van der Waals surface area contributed by atoms with Crippen LogP contribution in [0, 0.1) is 11.7 Å². The van der Waals surface area contributed by atoms with E-state index in [1.807, 2.05) is 0 Å². The number of nitrogens with one attached hydrogen (secondary N) is 3. The minimum Gasteiger partial charge on any atom is -0.491 e. The van der Waals surface area contributed by atoms with Gasteiger partial charge in [0.25, 0.3) is 0 Å². The molecule has 9 nitrogen and oxygen atoms in total. The van der Waals surface area contributed by atoms with Crippen LogP contribution in [-0.2, 0) is 16.1 Å². The second kappa shape index (κ2) is 13.5. The maximum Gasteiger partial charge on any atom is 0.313 e. The molecule has 4 aromatic rings. The third-order valence-corrected chi connectivity index (χ3v) is 7.31. The first kappa shape index (κ1) is 29.1. The average Bonchev–Trinajstić information content (AvgIpc) is 3.01. The number of rotatable bonds is 9. The molecular weight excluding hydrogens is 563 g/mol. The quantitative estimate of drug-likeness (QED) is 0.221. The Morgan fingerprint density at radius 3 is 2.57 bits per heavy atom. The largest absolute Gasteiger partial charge is 0.491 e. The number of hydrogen-bond acceptors (Lipinski definition) is 7. The first-order valence-electron chi connectivity index (χ1n) is 13.5. The van der Waals surface area contributed by atoms with Crippen molar-refractivity contribution < 1.29 is 28.2 Å². The fraction of sp³-hybridized carbons (Fsp3) is 0.258. The summed E-state index contributed by atoms with van der Waals surface area (Å²) in [5.74, 6) is -0.760. The third kappa shape index (κ3) is 6.89. The SMILES string of the molecule is COc1c(OCC2CCNCC2)ccc2c(Oc3ccc(NC(=O)C(=O)NCc4ccccc4Cl)cc3F)ccnc12. The van der Waals surface area contributed by atoms with Gasteiger partial charge < -0.3 is 30.2 Å². The highest BCUT2D eigenvalue weighted by Crippen LogP contribution is 2.40. The fourth-order valence-corrected chi connectivity index (χ4v) is 4.87. The Morgan fingerprint density at radius 2 is 1.81 bits per heavy atom. The molecule has 0 radical (unpaired) electrons. The number of carbonyl (C=O) groups excluding carboxylic acids is 2. The number of carbonyl (C=O) groups is 2. The Morgan fingerprint density at radius 1 is 1.02 bits per heavy atom. The number of benzene rings is 3. The van der Waals surface area contributed by atoms with Crippen LogP contribution in [0.3, 0.4) is 0 Å². The fourth-order valence-electron chi connectivity index (χ4n) is 4.67. The summed E-state index contributed by atoms with van der Waals surface area (Å²) in [6.45, 7) is 2.62. The third-order valence-electron chi connectivity index (χ3n) is 6.94. The molecule has 1 saturated heterocycles. The molecule has 3 aromatic carbocycles. The van der Waals surface area contributed by atoms with E-state index in [9.17, 15) is 9.59 Å². The minimum atomic E-state index is -0.944. The van der Waals surface area contributed by atoms with Gasteiger partial charge in [0.2, 0.25) is 0 Å². The predicted molar refractivity (Wildman–Crippen MR) is 158 cm³/mol. The minimum absolute atomic E-state index is 0.0730. The van der Waals surface area contributed by atoms with Gasteiger partial charge in [-0.2, -0.15) is 0 Å². The summed E-state index contributed by atoms with van der Waals surface area (Å²) in [6.07, 6.45) is 3.65. The zero-order valence-electron chi connectivity index (χ0n) is 22.9. The Balaban J connectivity index is 1.25. The van der Waals surface area contributed by atoms with Crippen molar-refractivity contribution >= 4 is 40.0 Å². The highest BCUT2D eigenvalue weighted by molar-refractivity contribution is 6.39. The van der Waals surface area contributed by atoms with Gasteiger partial charge in [0, 0.05) is 34.9 Å². The molecule has 2 heterocycles. The van der Waals surface area contributed by atoms with Gasteiger partial charge in [-0.15, -0.1) is 0 Å². The lowest BCUT2D eigenvalue weighted by molar-refractivity contribution is -0.136. The molecule has 5 rings (SSSR count). The van der Waals surface area contributed by atoms with Crippen LogP contribution in [0.5, 0.6) is 23.0 Å². The number of pyridine rings is 1. The number of hydrogen-bond donors (Lipinski definition) is 3. The Hall–Kier alpha value is -4.41. The standard InChI is InChI=1S/C31H30ClFN4O5/c1-40-29-27(41-18-19-10-13-34-14-11-19)9-7-22-25(12-15-35-28(22)29)42-26-8-6-21(16-24(26)33)37-31(39)30(38)36-17-20-4-2-3-5-23(20)32/h2-9,12,15-16,19,34H,10-11,13-14,17-18H2,1H3,(H,36,38)(H,37,39). The molecule has 0 saturated carbocycles. The summed E-state index contributed by atoms with van der Waals surface area (Å²) in [7, 11) is 1.55.